The summed E-state index contributed by atoms with van der Waals surface area (Å²) in [5.74, 6) is -1.29. The molecule has 1 atom stereocenters. The second kappa shape index (κ2) is 7.24. The van der Waals surface area contributed by atoms with Gasteiger partial charge in [0.1, 0.15) is 5.82 Å². The zero-order valence-electron chi connectivity index (χ0n) is 15.7. The number of nitrogens with zero attached hydrogens (tertiary/aromatic N) is 2. The maximum absolute atomic E-state index is 13.4. The van der Waals surface area contributed by atoms with Gasteiger partial charge in [-0.25, -0.2) is 4.39 Å². The summed E-state index contributed by atoms with van der Waals surface area (Å²) in [7, 11) is 0. The highest BCUT2D eigenvalue weighted by atomic mass is 35.5. The average Bonchev–Trinajstić information content (AvgIpc) is 2.86. The van der Waals surface area contributed by atoms with Crippen LogP contribution >= 0.6 is 11.6 Å². The van der Waals surface area contributed by atoms with Crippen molar-refractivity contribution < 1.29 is 14.3 Å². The van der Waals surface area contributed by atoms with Crippen molar-refractivity contribution in [2.24, 2.45) is 0 Å². The summed E-state index contributed by atoms with van der Waals surface area (Å²) in [6, 6.07) is 4.34. The highest BCUT2D eigenvalue weighted by Crippen LogP contribution is 2.33. The fourth-order valence-electron chi connectivity index (χ4n) is 4.38. The van der Waals surface area contributed by atoms with Gasteiger partial charge in [-0.1, -0.05) is 31.0 Å². The van der Waals surface area contributed by atoms with Gasteiger partial charge in [0.05, 0.1) is 5.02 Å². The number of fused-ring (bicyclic) bond motifs is 3. The van der Waals surface area contributed by atoms with Crippen LogP contribution < -0.4 is 5.43 Å². The zero-order chi connectivity index (χ0) is 20.0. The summed E-state index contributed by atoms with van der Waals surface area (Å²) in [4.78, 5) is 27.5. The molecule has 0 saturated heterocycles. The summed E-state index contributed by atoms with van der Waals surface area (Å²) in [5.41, 5.74) is 1.89. The van der Waals surface area contributed by atoms with Gasteiger partial charge >= 0.3 is 0 Å². The van der Waals surface area contributed by atoms with Crippen molar-refractivity contribution in [1.82, 2.24) is 9.47 Å². The molecule has 7 heteroatoms. The maximum atomic E-state index is 13.4. The minimum Gasteiger partial charge on any atom is -0.503 e. The number of benzene rings is 1. The molecule has 0 spiro atoms. The standard InChI is InChI=1S/C21H22ClFN2O3/c1-12-4-2-3-5-16-17(12)19(26)20(27)18-21(28)24(8-9-25(16)18)11-13-6-7-15(23)14(22)10-13/h6-7,10,12,27H,2-5,8-9,11H2,1H3. The van der Waals surface area contributed by atoms with Gasteiger partial charge in [0.2, 0.25) is 5.43 Å². The lowest BCUT2D eigenvalue weighted by Gasteiger charge is -2.33. The van der Waals surface area contributed by atoms with Gasteiger partial charge in [0.15, 0.2) is 11.4 Å². The average molecular weight is 405 g/mol. The maximum Gasteiger partial charge on any atom is 0.274 e. The Morgan fingerprint density at radius 3 is 2.79 bits per heavy atom. The lowest BCUT2D eigenvalue weighted by molar-refractivity contribution is 0.0681. The van der Waals surface area contributed by atoms with Crippen LogP contribution in [0.4, 0.5) is 4.39 Å². The Hall–Kier alpha value is -2.34. The van der Waals surface area contributed by atoms with Crippen LogP contribution in [0, 0.1) is 5.82 Å². The van der Waals surface area contributed by atoms with Crippen molar-refractivity contribution in [3.05, 3.63) is 61.8 Å². The summed E-state index contributed by atoms with van der Waals surface area (Å²) in [6.45, 7) is 3.20. The van der Waals surface area contributed by atoms with Gasteiger partial charge in [-0.15, -0.1) is 0 Å². The number of aromatic hydroxyl groups is 1. The Morgan fingerprint density at radius 2 is 2.04 bits per heavy atom. The van der Waals surface area contributed by atoms with Crippen molar-refractivity contribution in [2.45, 2.75) is 51.6 Å². The first kappa shape index (κ1) is 19.0. The van der Waals surface area contributed by atoms with E-state index >= 15 is 0 Å². The normalized spacial score (nSPS) is 19.2. The number of amides is 1. The molecule has 1 aliphatic heterocycles. The van der Waals surface area contributed by atoms with Gasteiger partial charge in [-0.05, 0) is 42.9 Å². The quantitative estimate of drug-likeness (QED) is 0.774. The highest BCUT2D eigenvalue weighted by Gasteiger charge is 2.34. The predicted octanol–water partition coefficient (Wildman–Crippen LogP) is 3.83. The Kier molecular flexibility index (Phi) is 4.91. The van der Waals surface area contributed by atoms with E-state index < -0.39 is 17.0 Å². The summed E-state index contributed by atoms with van der Waals surface area (Å²) in [5, 5.41) is 10.6. The van der Waals surface area contributed by atoms with Crippen LogP contribution in [0.2, 0.25) is 5.02 Å². The molecule has 0 radical (unpaired) electrons. The van der Waals surface area contributed by atoms with Crippen molar-refractivity contribution in [2.75, 3.05) is 6.54 Å². The molecule has 1 amide bonds. The number of carbonyl (C=O) groups is 1. The fourth-order valence-corrected chi connectivity index (χ4v) is 4.59. The SMILES string of the molecule is CC1CCCCc2c1c(=O)c(O)c1n2CCN(Cc2ccc(F)c(Cl)c2)C1=O. The van der Waals surface area contributed by atoms with Gasteiger partial charge in [0.25, 0.3) is 5.91 Å². The third kappa shape index (κ3) is 3.09. The predicted molar refractivity (Wildman–Crippen MR) is 104 cm³/mol. The largest absolute Gasteiger partial charge is 0.503 e. The summed E-state index contributed by atoms with van der Waals surface area (Å²) >= 11 is 5.84. The third-order valence-corrected chi connectivity index (χ3v) is 6.11. The number of hydrogen-bond acceptors (Lipinski definition) is 3. The Bertz CT molecular complexity index is 1020. The number of pyridine rings is 1. The molecule has 1 N–H and O–H groups in total. The molecule has 4 rings (SSSR count). The lowest BCUT2D eigenvalue weighted by atomic mass is 9.95. The number of hydrogen-bond donors (Lipinski definition) is 1. The topological polar surface area (TPSA) is 62.5 Å². The molecule has 2 aliphatic rings. The van der Waals surface area contributed by atoms with Crippen molar-refractivity contribution in [3.63, 3.8) is 0 Å². The van der Waals surface area contributed by atoms with E-state index in [0.717, 1.165) is 31.4 Å². The smallest absolute Gasteiger partial charge is 0.274 e. The van der Waals surface area contributed by atoms with E-state index in [-0.39, 0.29) is 29.1 Å². The molecule has 0 fully saturated rings. The van der Waals surface area contributed by atoms with Crippen molar-refractivity contribution in [1.29, 1.82) is 0 Å². The van der Waals surface area contributed by atoms with E-state index in [4.69, 9.17) is 11.6 Å². The second-order valence-corrected chi connectivity index (χ2v) is 8.07. The van der Waals surface area contributed by atoms with Crippen molar-refractivity contribution in [3.8, 4) is 5.75 Å². The first-order valence-corrected chi connectivity index (χ1v) is 9.98. The van der Waals surface area contributed by atoms with E-state index in [9.17, 15) is 19.1 Å². The molecule has 28 heavy (non-hydrogen) atoms. The molecule has 148 valence electrons. The van der Waals surface area contributed by atoms with Crippen LogP contribution in [0.15, 0.2) is 23.0 Å². The van der Waals surface area contributed by atoms with Crippen LogP contribution in [-0.4, -0.2) is 27.0 Å². The molecule has 0 bridgehead atoms. The Balaban J connectivity index is 1.74. The second-order valence-electron chi connectivity index (χ2n) is 7.66. The first-order valence-electron chi connectivity index (χ1n) is 9.60. The number of carbonyl (C=O) groups excluding carboxylic acids is 1. The molecule has 1 unspecified atom stereocenters. The van der Waals surface area contributed by atoms with E-state index in [0.29, 0.717) is 24.2 Å². The summed E-state index contributed by atoms with van der Waals surface area (Å²) < 4.78 is 15.2. The lowest BCUT2D eigenvalue weighted by Crippen LogP contribution is -2.43. The van der Waals surface area contributed by atoms with Crippen molar-refractivity contribution >= 4 is 17.5 Å². The van der Waals surface area contributed by atoms with Gasteiger partial charge in [-0.3, -0.25) is 9.59 Å². The highest BCUT2D eigenvalue weighted by molar-refractivity contribution is 6.30. The Labute approximate surface area is 167 Å². The zero-order valence-corrected chi connectivity index (χ0v) is 16.4. The first-order chi connectivity index (χ1) is 13.4. The van der Waals surface area contributed by atoms with Gasteiger partial charge in [0, 0.05) is 30.9 Å². The minimum atomic E-state index is -0.512. The van der Waals surface area contributed by atoms with Crippen LogP contribution in [0.5, 0.6) is 5.75 Å². The van der Waals surface area contributed by atoms with Crippen LogP contribution in [-0.2, 0) is 19.5 Å². The number of halogens is 2. The third-order valence-electron chi connectivity index (χ3n) is 5.82. The molecule has 2 aromatic rings. The van der Waals surface area contributed by atoms with Gasteiger partial charge < -0.3 is 14.6 Å². The van der Waals surface area contributed by atoms with Crippen LogP contribution in [0.3, 0.4) is 0 Å². The molecule has 1 aromatic heterocycles. The summed E-state index contributed by atoms with van der Waals surface area (Å²) in [6.07, 6.45) is 3.64. The van der Waals surface area contributed by atoms with Gasteiger partial charge in [-0.2, -0.15) is 0 Å². The minimum absolute atomic E-state index is 0.000678. The fraction of sp³-hybridized carbons (Fsp3) is 0.429. The van der Waals surface area contributed by atoms with E-state index in [1.54, 1.807) is 11.0 Å². The van der Waals surface area contributed by atoms with Crippen LogP contribution in [0.25, 0.3) is 0 Å². The molecule has 2 heterocycles. The molecule has 1 aliphatic carbocycles. The van der Waals surface area contributed by atoms with E-state index in [2.05, 4.69) is 0 Å². The molecule has 0 saturated carbocycles. The van der Waals surface area contributed by atoms with Crippen LogP contribution in [0.1, 0.15) is 59.4 Å². The Morgan fingerprint density at radius 1 is 1.25 bits per heavy atom. The monoisotopic (exact) mass is 404 g/mol. The van der Waals surface area contributed by atoms with E-state index in [1.807, 2.05) is 11.5 Å². The van der Waals surface area contributed by atoms with E-state index in [1.165, 1.54) is 12.1 Å². The molecular formula is C21H22ClFN2O3. The number of rotatable bonds is 2. The molecular weight excluding hydrogens is 383 g/mol. The molecule has 1 aromatic carbocycles. The number of aromatic nitrogens is 1. The molecule has 5 nitrogen and oxygen atoms in total.